The van der Waals surface area contributed by atoms with E-state index in [1.807, 2.05) is 42.5 Å². The van der Waals surface area contributed by atoms with Gasteiger partial charge in [-0.3, -0.25) is 4.79 Å². The molecule has 174 valence electrons. The van der Waals surface area contributed by atoms with Gasteiger partial charge in [0.25, 0.3) is 0 Å². The van der Waals surface area contributed by atoms with Crippen LogP contribution in [-0.2, 0) is 16.9 Å². The molecule has 7 heteroatoms. The highest BCUT2D eigenvalue weighted by Gasteiger charge is 2.25. The Morgan fingerprint density at radius 2 is 1.79 bits per heavy atom. The second kappa shape index (κ2) is 9.89. The Morgan fingerprint density at radius 1 is 1.06 bits per heavy atom. The number of ether oxygens (including phenoxy) is 1. The van der Waals surface area contributed by atoms with E-state index in [1.165, 1.54) is 12.1 Å². The molecule has 1 unspecified atom stereocenters. The van der Waals surface area contributed by atoms with Crippen molar-refractivity contribution in [3.63, 3.8) is 0 Å². The van der Waals surface area contributed by atoms with Gasteiger partial charge in [0.2, 0.25) is 5.91 Å². The fraction of sp³-hybridized carbons (Fsp3) is 0.185. The second-order valence-electron chi connectivity index (χ2n) is 8.13. The Balaban J connectivity index is 1.55. The molecule has 0 saturated heterocycles. The average molecular weight is 460 g/mol. The molecule has 0 saturated carbocycles. The second-order valence-corrected chi connectivity index (χ2v) is 8.13. The van der Waals surface area contributed by atoms with Crippen molar-refractivity contribution in [1.29, 1.82) is 0 Å². The monoisotopic (exact) mass is 459 g/mol. The van der Waals surface area contributed by atoms with Gasteiger partial charge in [0.1, 0.15) is 11.6 Å². The Kier molecular flexibility index (Phi) is 6.75. The Hall–Kier alpha value is -3.97. The summed E-state index contributed by atoms with van der Waals surface area (Å²) in [4.78, 5) is 12.6. The fourth-order valence-corrected chi connectivity index (χ4v) is 3.74. The van der Waals surface area contributed by atoms with E-state index < -0.39 is 5.72 Å². The zero-order valence-electron chi connectivity index (χ0n) is 19.0. The highest BCUT2D eigenvalue weighted by Crippen LogP contribution is 2.26. The van der Waals surface area contributed by atoms with Crippen LogP contribution in [0.3, 0.4) is 0 Å². The van der Waals surface area contributed by atoms with Crippen LogP contribution in [0.1, 0.15) is 24.6 Å². The van der Waals surface area contributed by atoms with Crippen molar-refractivity contribution in [2.24, 2.45) is 0 Å². The van der Waals surface area contributed by atoms with E-state index >= 15 is 0 Å². The van der Waals surface area contributed by atoms with Crippen molar-refractivity contribution < 1.29 is 19.0 Å². The lowest BCUT2D eigenvalue weighted by molar-refractivity contribution is -0.128. The number of rotatable bonds is 8. The van der Waals surface area contributed by atoms with Crippen LogP contribution in [0.25, 0.3) is 16.9 Å². The molecule has 1 aromatic heterocycles. The molecule has 6 nitrogen and oxygen atoms in total. The number of aryl methyl sites for hydroxylation is 1. The maximum absolute atomic E-state index is 13.9. The first-order chi connectivity index (χ1) is 16.4. The summed E-state index contributed by atoms with van der Waals surface area (Å²) in [6, 6.07) is 24.5. The minimum absolute atomic E-state index is 0.130. The van der Waals surface area contributed by atoms with E-state index in [2.05, 4.69) is 10.4 Å². The third kappa shape index (κ3) is 5.32. The van der Waals surface area contributed by atoms with Gasteiger partial charge in [-0.05, 0) is 49.4 Å². The number of hydrogen-bond donors (Lipinski definition) is 2. The van der Waals surface area contributed by atoms with Crippen LogP contribution in [0.15, 0.2) is 84.9 Å². The van der Waals surface area contributed by atoms with Crippen molar-refractivity contribution in [3.8, 4) is 22.7 Å². The Morgan fingerprint density at radius 3 is 2.47 bits per heavy atom. The highest BCUT2D eigenvalue weighted by atomic mass is 19.1. The van der Waals surface area contributed by atoms with E-state index in [1.54, 1.807) is 49.0 Å². The molecule has 34 heavy (non-hydrogen) atoms. The quantitative estimate of drug-likeness (QED) is 0.378. The lowest BCUT2D eigenvalue weighted by atomic mass is 10.0. The number of carbonyl (C=O) groups excluding carboxylic acids is 1. The predicted molar refractivity (Wildman–Crippen MR) is 128 cm³/mol. The van der Waals surface area contributed by atoms with Crippen molar-refractivity contribution in [3.05, 3.63) is 102 Å². The topological polar surface area (TPSA) is 76.4 Å². The van der Waals surface area contributed by atoms with E-state index in [-0.39, 0.29) is 18.1 Å². The normalized spacial score (nSPS) is 12.7. The summed E-state index contributed by atoms with van der Waals surface area (Å²) in [5.74, 6) is 0.0646. The fourth-order valence-electron chi connectivity index (χ4n) is 3.74. The number of hydrogen-bond acceptors (Lipinski definition) is 4. The molecule has 0 aliphatic heterocycles. The number of aromatic nitrogens is 2. The SMILES string of the molecule is COc1ccc(-n2nc(CCC(=O)NC(C)(O)c3ccccc3)cc2-c2cccc(F)c2)cc1. The van der Waals surface area contributed by atoms with Crippen LogP contribution in [0.5, 0.6) is 5.75 Å². The van der Waals surface area contributed by atoms with Crippen LogP contribution in [0, 0.1) is 5.82 Å². The summed E-state index contributed by atoms with van der Waals surface area (Å²) >= 11 is 0. The Labute approximate surface area is 197 Å². The summed E-state index contributed by atoms with van der Waals surface area (Å²) in [7, 11) is 1.60. The molecule has 1 atom stereocenters. The van der Waals surface area contributed by atoms with Crippen LogP contribution in [-0.4, -0.2) is 27.9 Å². The molecule has 0 spiro atoms. The zero-order chi connectivity index (χ0) is 24.1. The van der Waals surface area contributed by atoms with Crippen LogP contribution in [0.2, 0.25) is 0 Å². The number of amides is 1. The summed E-state index contributed by atoms with van der Waals surface area (Å²) in [5, 5.41) is 18.0. The third-order valence-corrected chi connectivity index (χ3v) is 5.52. The zero-order valence-corrected chi connectivity index (χ0v) is 19.0. The molecule has 1 heterocycles. The number of carbonyl (C=O) groups is 1. The molecule has 4 aromatic rings. The number of nitrogens with zero attached hydrogens (tertiary/aromatic N) is 2. The Bertz CT molecular complexity index is 1270. The smallest absolute Gasteiger partial charge is 0.222 e. The summed E-state index contributed by atoms with van der Waals surface area (Å²) in [6.07, 6.45) is 0.480. The van der Waals surface area contributed by atoms with Crippen molar-refractivity contribution in [2.75, 3.05) is 7.11 Å². The molecule has 4 rings (SSSR count). The van der Waals surface area contributed by atoms with Crippen molar-refractivity contribution >= 4 is 5.91 Å². The van der Waals surface area contributed by atoms with Crippen molar-refractivity contribution in [2.45, 2.75) is 25.5 Å². The maximum Gasteiger partial charge on any atom is 0.222 e. The first-order valence-electron chi connectivity index (χ1n) is 10.9. The van der Waals surface area contributed by atoms with Gasteiger partial charge in [0.15, 0.2) is 5.72 Å². The maximum atomic E-state index is 13.9. The number of methoxy groups -OCH3 is 1. The average Bonchev–Trinajstić information content (AvgIpc) is 3.27. The van der Waals surface area contributed by atoms with E-state index in [4.69, 9.17) is 4.74 Å². The third-order valence-electron chi connectivity index (χ3n) is 5.52. The molecule has 0 bridgehead atoms. The molecule has 0 fully saturated rings. The van der Waals surface area contributed by atoms with Crippen LogP contribution in [0.4, 0.5) is 4.39 Å². The minimum atomic E-state index is -1.48. The number of nitrogens with one attached hydrogen (secondary N) is 1. The van der Waals surface area contributed by atoms with Gasteiger partial charge in [0, 0.05) is 24.0 Å². The number of halogens is 1. The van der Waals surface area contributed by atoms with Gasteiger partial charge in [-0.25, -0.2) is 9.07 Å². The summed E-state index contributed by atoms with van der Waals surface area (Å²) in [6.45, 7) is 1.54. The van der Waals surface area contributed by atoms with Gasteiger partial charge in [-0.15, -0.1) is 0 Å². The molecule has 3 aromatic carbocycles. The van der Waals surface area contributed by atoms with Gasteiger partial charge >= 0.3 is 0 Å². The standard InChI is InChI=1S/C27H26FN3O3/c1-27(33,20-8-4-3-5-9-20)29-26(32)16-11-22-18-25(19-7-6-10-21(28)17-19)31(30-22)23-12-14-24(34-2)15-13-23/h3-10,12-15,17-18,33H,11,16H2,1-2H3,(H,29,32). The van der Waals surface area contributed by atoms with Crippen LogP contribution < -0.4 is 10.1 Å². The molecular formula is C27H26FN3O3. The van der Waals surface area contributed by atoms with Gasteiger partial charge in [-0.1, -0.05) is 42.5 Å². The molecule has 0 aliphatic rings. The molecule has 0 radical (unpaired) electrons. The lowest BCUT2D eigenvalue weighted by Crippen LogP contribution is -2.43. The largest absolute Gasteiger partial charge is 0.497 e. The van der Waals surface area contributed by atoms with Crippen LogP contribution >= 0.6 is 0 Å². The highest BCUT2D eigenvalue weighted by molar-refractivity contribution is 5.77. The predicted octanol–water partition coefficient (Wildman–Crippen LogP) is 4.60. The van der Waals surface area contributed by atoms with Gasteiger partial charge < -0.3 is 15.2 Å². The lowest BCUT2D eigenvalue weighted by Gasteiger charge is -2.25. The summed E-state index contributed by atoms with van der Waals surface area (Å²) < 4.78 is 20.9. The minimum Gasteiger partial charge on any atom is -0.497 e. The first kappa shape index (κ1) is 23.2. The van der Waals surface area contributed by atoms with E-state index in [0.29, 0.717) is 34.7 Å². The van der Waals surface area contributed by atoms with E-state index in [0.717, 1.165) is 5.69 Å². The van der Waals surface area contributed by atoms with Gasteiger partial charge in [0.05, 0.1) is 24.2 Å². The number of aliphatic hydroxyl groups is 1. The molecule has 0 aliphatic carbocycles. The molecular weight excluding hydrogens is 433 g/mol. The number of benzene rings is 3. The molecule has 2 N–H and O–H groups in total. The summed E-state index contributed by atoms with van der Waals surface area (Å²) in [5.41, 5.74) is 1.95. The van der Waals surface area contributed by atoms with E-state index in [9.17, 15) is 14.3 Å². The first-order valence-corrected chi connectivity index (χ1v) is 10.9. The van der Waals surface area contributed by atoms with Crippen molar-refractivity contribution in [1.82, 2.24) is 15.1 Å². The van der Waals surface area contributed by atoms with Gasteiger partial charge in [-0.2, -0.15) is 5.10 Å². The molecule has 1 amide bonds.